The average Bonchev–Trinajstić information content (AvgIpc) is 2.23. The van der Waals surface area contributed by atoms with Crippen molar-refractivity contribution in [1.29, 1.82) is 5.26 Å². The van der Waals surface area contributed by atoms with Crippen LogP contribution in [0.15, 0.2) is 0 Å². The average molecular weight is 212 g/mol. The van der Waals surface area contributed by atoms with E-state index in [1.54, 1.807) is 7.11 Å². The van der Waals surface area contributed by atoms with E-state index in [0.717, 1.165) is 26.1 Å². The molecule has 0 aliphatic rings. The Hall–Kier alpha value is -0.590. The third-order valence-corrected chi connectivity index (χ3v) is 2.78. The fourth-order valence-electron chi connectivity index (χ4n) is 1.34. The maximum atomic E-state index is 8.75. The summed E-state index contributed by atoms with van der Waals surface area (Å²) in [7, 11) is 1.74. The lowest BCUT2D eigenvalue weighted by molar-refractivity contribution is 0.00731. The standard InChI is InChI=1S/C12H24N2O/c1-6-14(10-11(2)9-13)8-7-12(3,4)15-5/h11H,6-8,10H2,1-5H3. The molecule has 0 aliphatic carbocycles. The normalized spacial score (nSPS) is 13.9. The summed E-state index contributed by atoms with van der Waals surface area (Å²) in [5.41, 5.74) is -0.0662. The van der Waals surface area contributed by atoms with Gasteiger partial charge >= 0.3 is 0 Å². The van der Waals surface area contributed by atoms with Crippen molar-refractivity contribution in [2.75, 3.05) is 26.7 Å². The third kappa shape index (κ3) is 6.48. The van der Waals surface area contributed by atoms with Crippen molar-refractivity contribution in [3.8, 4) is 6.07 Å². The van der Waals surface area contributed by atoms with Crippen molar-refractivity contribution in [1.82, 2.24) is 4.90 Å². The second kappa shape index (κ2) is 6.81. The van der Waals surface area contributed by atoms with Gasteiger partial charge in [-0.05, 0) is 33.7 Å². The molecule has 0 N–H and O–H groups in total. The fraction of sp³-hybridized carbons (Fsp3) is 0.917. The molecule has 3 heteroatoms. The molecule has 0 rings (SSSR count). The number of nitriles is 1. The number of ether oxygens (including phenoxy) is 1. The van der Waals surface area contributed by atoms with Crippen LogP contribution in [0.2, 0.25) is 0 Å². The Morgan fingerprint density at radius 3 is 2.47 bits per heavy atom. The van der Waals surface area contributed by atoms with Crippen LogP contribution in [0.25, 0.3) is 0 Å². The van der Waals surface area contributed by atoms with E-state index in [2.05, 4.69) is 31.7 Å². The van der Waals surface area contributed by atoms with Crippen LogP contribution in [-0.2, 0) is 4.74 Å². The van der Waals surface area contributed by atoms with Gasteiger partial charge in [0, 0.05) is 20.2 Å². The van der Waals surface area contributed by atoms with Gasteiger partial charge in [-0.2, -0.15) is 5.26 Å². The topological polar surface area (TPSA) is 36.3 Å². The molecule has 88 valence electrons. The van der Waals surface area contributed by atoms with E-state index in [1.807, 2.05) is 6.92 Å². The first-order chi connectivity index (χ1) is 6.95. The summed E-state index contributed by atoms with van der Waals surface area (Å²) in [6, 6.07) is 2.27. The molecule has 0 spiro atoms. The molecule has 0 aliphatic heterocycles. The molecule has 0 bridgehead atoms. The molecule has 1 atom stereocenters. The third-order valence-electron chi connectivity index (χ3n) is 2.78. The van der Waals surface area contributed by atoms with Gasteiger partial charge in [-0.1, -0.05) is 6.92 Å². The molecule has 15 heavy (non-hydrogen) atoms. The molecule has 0 saturated heterocycles. The monoisotopic (exact) mass is 212 g/mol. The number of methoxy groups -OCH3 is 1. The van der Waals surface area contributed by atoms with Crippen LogP contribution in [0.3, 0.4) is 0 Å². The van der Waals surface area contributed by atoms with Gasteiger partial charge in [0.25, 0.3) is 0 Å². The van der Waals surface area contributed by atoms with E-state index in [9.17, 15) is 0 Å². The Labute approximate surface area is 94.0 Å². The predicted molar refractivity (Wildman–Crippen MR) is 62.6 cm³/mol. The minimum Gasteiger partial charge on any atom is -0.379 e. The van der Waals surface area contributed by atoms with Crippen molar-refractivity contribution in [3.05, 3.63) is 0 Å². The van der Waals surface area contributed by atoms with Crippen LogP contribution in [0, 0.1) is 17.2 Å². The van der Waals surface area contributed by atoms with Gasteiger partial charge in [-0.25, -0.2) is 0 Å². The second-order valence-corrected chi connectivity index (χ2v) is 4.64. The molecule has 0 heterocycles. The van der Waals surface area contributed by atoms with Crippen LogP contribution in [0.1, 0.15) is 34.1 Å². The summed E-state index contributed by atoms with van der Waals surface area (Å²) in [5, 5.41) is 8.75. The van der Waals surface area contributed by atoms with E-state index >= 15 is 0 Å². The molecule has 1 unspecified atom stereocenters. The first-order valence-corrected chi connectivity index (χ1v) is 5.62. The molecule has 0 amide bonds. The predicted octanol–water partition coefficient (Wildman–Crippen LogP) is 2.28. The molecule has 3 nitrogen and oxygen atoms in total. The Kier molecular flexibility index (Phi) is 6.55. The van der Waals surface area contributed by atoms with Gasteiger partial charge < -0.3 is 9.64 Å². The van der Waals surface area contributed by atoms with Gasteiger partial charge in [-0.3, -0.25) is 0 Å². The number of rotatable bonds is 7. The van der Waals surface area contributed by atoms with Crippen molar-refractivity contribution < 1.29 is 4.74 Å². The van der Waals surface area contributed by atoms with Crippen LogP contribution in [-0.4, -0.2) is 37.2 Å². The van der Waals surface area contributed by atoms with Gasteiger partial charge in [0.05, 0.1) is 17.6 Å². The van der Waals surface area contributed by atoms with Gasteiger partial charge in [-0.15, -0.1) is 0 Å². The minimum atomic E-state index is -0.0662. The summed E-state index contributed by atoms with van der Waals surface area (Å²) in [5.74, 6) is 0.107. The van der Waals surface area contributed by atoms with E-state index in [-0.39, 0.29) is 11.5 Å². The zero-order valence-electron chi connectivity index (χ0n) is 10.7. The number of hydrogen-bond acceptors (Lipinski definition) is 3. The Bertz CT molecular complexity index is 208. The highest BCUT2D eigenvalue weighted by Crippen LogP contribution is 2.14. The van der Waals surface area contributed by atoms with E-state index in [0.29, 0.717) is 0 Å². The van der Waals surface area contributed by atoms with E-state index in [4.69, 9.17) is 10.00 Å². The zero-order chi connectivity index (χ0) is 11.9. The zero-order valence-corrected chi connectivity index (χ0v) is 10.7. The van der Waals surface area contributed by atoms with Gasteiger partial charge in [0.2, 0.25) is 0 Å². The molecule has 0 aromatic carbocycles. The van der Waals surface area contributed by atoms with Crippen molar-refractivity contribution >= 4 is 0 Å². The molecule has 0 aromatic heterocycles. The van der Waals surface area contributed by atoms with Crippen molar-refractivity contribution in [3.63, 3.8) is 0 Å². The van der Waals surface area contributed by atoms with Gasteiger partial charge in [0.1, 0.15) is 0 Å². The second-order valence-electron chi connectivity index (χ2n) is 4.64. The molecule has 0 saturated carbocycles. The largest absolute Gasteiger partial charge is 0.379 e. The van der Waals surface area contributed by atoms with Crippen LogP contribution in [0.4, 0.5) is 0 Å². The highest BCUT2D eigenvalue weighted by Gasteiger charge is 2.18. The molecule has 0 fully saturated rings. The number of nitrogens with zero attached hydrogens (tertiary/aromatic N) is 2. The summed E-state index contributed by atoms with van der Waals surface area (Å²) in [4.78, 5) is 2.30. The SMILES string of the molecule is CCN(CCC(C)(C)OC)CC(C)C#N. The fourth-order valence-corrected chi connectivity index (χ4v) is 1.34. The smallest absolute Gasteiger partial charge is 0.0666 e. The highest BCUT2D eigenvalue weighted by atomic mass is 16.5. The van der Waals surface area contributed by atoms with Crippen LogP contribution >= 0.6 is 0 Å². The maximum absolute atomic E-state index is 8.75. The first kappa shape index (κ1) is 14.4. The lowest BCUT2D eigenvalue weighted by Gasteiger charge is -2.28. The summed E-state index contributed by atoms with van der Waals surface area (Å²) >= 11 is 0. The minimum absolute atomic E-state index is 0.0662. The molecular weight excluding hydrogens is 188 g/mol. The Balaban J connectivity index is 3.96. The Morgan fingerprint density at radius 1 is 1.47 bits per heavy atom. The van der Waals surface area contributed by atoms with Gasteiger partial charge in [0.15, 0.2) is 0 Å². The summed E-state index contributed by atoms with van der Waals surface area (Å²) in [6.07, 6.45) is 0.996. The molecular formula is C12H24N2O. The molecule has 0 radical (unpaired) electrons. The van der Waals surface area contributed by atoms with E-state index < -0.39 is 0 Å². The van der Waals surface area contributed by atoms with Crippen LogP contribution < -0.4 is 0 Å². The lowest BCUT2D eigenvalue weighted by Crippen LogP contribution is -2.34. The highest BCUT2D eigenvalue weighted by molar-refractivity contribution is 4.82. The van der Waals surface area contributed by atoms with Crippen molar-refractivity contribution in [2.45, 2.75) is 39.7 Å². The quantitative estimate of drug-likeness (QED) is 0.649. The number of hydrogen-bond donors (Lipinski definition) is 0. The first-order valence-electron chi connectivity index (χ1n) is 5.62. The lowest BCUT2D eigenvalue weighted by atomic mass is 10.0. The maximum Gasteiger partial charge on any atom is 0.0666 e. The van der Waals surface area contributed by atoms with E-state index in [1.165, 1.54) is 0 Å². The molecule has 0 aromatic rings. The summed E-state index contributed by atoms with van der Waals surface area (Å²) in [6.45, 7) is 11.1. The van der Waals surface area contributed by atoms with Crippen LogP contribution in [0.5, 0.6) is 0 Å². The summed E-state index contributed by atoms with van der Waals surface area (Å²) < 4.78 is 5.37. The van der Waals surface area contributed by atoms with Crippen molar-refractivity contribution in [2.24, 2.45) is 5.92 Å². The Morgan fingerprint density at radius 2 is 2.07 bits per heavy atom.